The number of rotatable bonds is 10. The topological polar surface area (TPSA) is 94.2 Å². The van der Waals surface area contributed by atoms with Crippen LogP contribution in [0, 0.1) is 0 Å². The number of carbonyl (C=O) groups excluding carboxylic acids is 1. The molecule has 164 valence electrons. The van der Waals surface area contributed by atoms with Crippen LogP contribution < -0.4 is 23.8 Å². The molecule has 0 heterocycles. The van der Waals surface area contributed by atoms with E-state index in [0.29, 0.717) is 29.5 Å². The summed E-state index contributed by atoms with van der Waals surface area (Å²) in [5, 5.41) is 2.82. The third kappa shape index (κ3) is 6.03. The van der Waals surface area contributed by atoms with E-state index in [2.05, 4.69) is 5.32 Å². The van der Waals surface area contributed by atoms with Gasteiger partial charge in [0, 0.05) is 6.07 Å². The molecule has 0 fully saturated rings. The fourth-order valence-corrected chi connectivity index (χ4v) is 3.77. The number of methoxy groups -OCH3 is 2. The standard InChI is InChI=1S/C21H28N2O6S/c1-6-29-18-9-7-8-17(13-18)23(30(5,25)26)14-21(24)22-15(2)16-10-11-19(27-3)20(12-16)28-4/h7-13,15H,6,14H2,1-5H3,(H,22,24). The van der Waals surface area contributed by atoms with Crippen LogP contribution in [-0.4, -0.2) is 48.0 Å². The van der Waals surface area contributed by atoms with E-state index in [1.54, 1.807) is 50.4 Å². The lowest BCUT2D eigenvalue weighted by Crippen LogP contribution is -2.41. The fraction of sp³-hybridized carbons (Fsp3) is 0.381. The van der Waals surface area contributed by atoms with Gasteiger partial charge in [-0.25, -0.2) is 8.42 Å². The van der Waals surface area contributed by atoms with Gasteiger partial charge in [-0.1, -0.05) is 12.1 Å². The van der Waals surface area contributed by atoms with Crippen LogP contribution >= 0.6 is 0 Å². The molecule has 2 aromatic carbocycles. The minimum Gasteiger partial charge on any atom is -0.494 e. The number of benzene rings is 2. The molecule has 2 aromatic rings. The second-order valence-electron chi connectivity index (χ2n) is 6.60. The van der Waals surface area contributed by atoms with Gasteiger partial charge in [0.25, 0.3) is 0 Å². The number of nitrogens with zero attached hydrogens (tertiary/aromatic N) is 1. The number of carbonyl (C=O) groups is 1. The molecule has 30 heavy (non-hydrogen) atoms. The van der Waals surface area contributed by atoms with Crippen molar-refractivity contribution in [2.45, 2.75) is 19.9 Å². The Bertz CT molecular complexity index is 977. The van der Waals surface area contributed by atoms with Crippen molar-refractivity contribution in [2.75, 3.05) is 37.9 Å². The highest BCUT2D eigenvalue weighted by Crippen LogP contribution is 2.30. The number of hydrogen-bond acceptors (Lipinski definition) is 6. The molecule has 1 N–H and O–H groups in total. The Balaban J connectivity index is 2.18. The Morgan fingerprint density at radius 3 is 2.40 bits per heavy atom. The second kappa shape index (κ2) is 10.2. The molecular weight excluding hydrogens is 408 g/mol. The lowest BCUT2D eigenvalue weighted by molar-refractivity contribution is -0.120. The van der Waals surface area contributed by atoms with Crippen molar-refractivity contribution in [1.29, 1.82) is 0 Å². The first-order chi connectivity index (χ1) is 14.2. The molecule has 0 bridgehead atoms. The molecule has 0 aliphatic rings. The molecule has 0 aliphatic heterocycles. The van der Waals surface area contributed by atoms with Crippen LogP contribution in [0.3, 0.4) is 0 Å². The van der Waals surface area contributed by atoms with Crippen molar-refractivity contribution in [1.82, 2.24) is 5.32 Å². The van der Waals surface area contributed by atoms with Crippen LogP contribution in [0.25, 0.3) is 0 Å². The predicted molar refractivity (Wildman–Crippen MR) is 116 cm³/mol. The molecule has 9 heteroatoms. The smallest absolute Gasteiger partial charge is 0.241 e. The first-order valence-electron chi connectivity index (χ1n) is 9.41. The van der Waals surface area contributed by atoms with Gasteiger partial charge in [-0.15, -0.1) is 0 Å². The zero-order valence-corrected chi connectivity index (χ0v) is 18.7. The molecular formula is C21H28N2O6S. The number of anilines is 1. The third-order valence-corrected chi connectivity index (χ3v) is 5.53. The van der Waals surface area contributed by atoms with Gasteiger partial charge in [-0.3, -0.25) is 9.10 Å². The van der Waals surface area contributed by atoms with Gasteiger partial charge in [0.05, 0.1) is 38.8 Å². The minimum absolute atomic E-state index is 0.355. The Morgan fingerprint density at radius 1 is 1.10 bits per heavy atom. The van der Waals surface area contributed by atoms with Gasteiger partial charge >= 0.3 is 0 Å². The van der Waals surface area contributed by atoms with Gasteiger partial charge in [-0.2, -0.15) is 0 Å². The van der Waals surface area contributed by atoms with Crippen molar-refractivity contribution in [3.05, 3.63) is 48.0 Å². The van der Waals surface area contributed by atoms with E-state index < -0.39 is 15.9 Å². The summed E-state index contributed by atoms with van der Waals surface area (Å²) >= 11 is 0. The summed E-state index contributed by atoms with van der Waals surface area (Å²) in [6.07, 6.45) is 1.06. The van der Waals surface area contributed by atoms with Crippen molar-refractivity contribution in [2.24, 2.45) is 0 Å². The molecule has 8 nitrogen and oxygen atoms in total. The Hall–Kier alpha value is -2.94. The SMILES string of the molecule is CCOc1cccc(N(CC(=O)NC(C)c2ccc(OC)c(OC)c2)S(C)(=O)=O)c1. The molecule has 0 saturated carbocycles. The highest BCUT2D eigenvalue weighted by atomic mass is 32.2. The average Bonchev–Trinajstić information content (AvgIpc) is 2.71. The zero-order chi connectivity index (χ0) is 22.3. The van der Waals surface area contributed by atoms with Crippen LogP contribution in [0.4, 0.5) is 5.69 Å². The second-order valence-corrected chi connectivity index (χ2v) is 8.51. The normalized spacial score (nSPS) is 12.0. The summed E-state index contributed by atoms with van der Waals surface area (Å²) < 4.78 is 41.6. The highest BCUT2D eigenvalue weighted by Gasteiger charge is 2.22. The summed E-state index contributed by atoms with van der Waals surface area (Å²) in [6.45, 7) is 3.74. The molecule has 1 unspecified atom stereocenters. The Labute approximate surface area is 177 Å². The number of amides is 1. The quantitative estimate of drug-likeness (QED) is 0.616. The lowest BCUT2D eigenvalue weighted by atomic mass is 10.1. The Kier molecular flexibility index (Phi) is 7.93. The van der Waals surface area contributed by atoms with E-state index in [-0.39, 0.29) is 12.6 Å². The fourth-order valence-electron chi connectivity index (χ4n) is 2.92. The molecule has 0 aromatic heterocycles. The van der Waals surface area contributed by atoms with Crippen molar-refractivity contribution in [3.8, 4) is 17.2 Å². The molecule has 2 rings (SSSR count). The van der Waals surface area contributed by atoms with Crippen LogP contribution in [-0.2, 0) is 14.8 Å². The minimum atomic E-state index is -3.68. The highest BCUT2D eigenvalue weighted by molar-refractivity contribution is 7.92. The lowest BCUT2D eigenvalue weighted by Gasteiger charge is -2.24. The van der Waals surface area contributed by atoms with E-state index in [0.717, 1.165) is 16.1 Å². The van der Waals surface area contributed by atoms with Gasteiger partial charge in [0.2, 0.25) is 15.9 Å². The van der Waals surface area contributed by atoms with Crippen LogP contribution in [0.2, 0.25) is 0 Å². The monoisotopic (exact) mass is 436 g/mol. The van der Waals surface area contributed by atoms with E-state index in [1.165, 1.54) is 7.11 Å². The van der Waals surface area contributed by atoms with Crippen LogP contribution in [0.1, 0.15) is 25.5 Å². The van der Waals surface area contributed by atoms with E-state index >= 15 is 0 Å². The predicted octanol–water partition coefficient (Wildman–Crippen LogP) is 2.75. The summed E-state index contributed by atoms with van der Waals surface area (Å²) in [6, 6.07) is 11.6. The summed E-state index contributed by atoms with van der Waals surface area (Å²) in [4.78, 5) is 12.6. The number of nitrogens with one attached hydrogen (secondary N) is 1. The first-order valence-corrected chi connectivity index (χ1v) is 11.3. The number of hydrogen-bond donors (Lipinski definition) is 1. The maximum atomic E-state index is 12.6. The van der Waals surface area contributed by atoms with E-state index in [1.807, 2.05) is 13.0 Å². The van der Waals surface area contributed by atoms with Gasteiger partial charge in [0.1, 0.15) is 12.3 Å². The molecule has 1 amide bonds. The van der Waals surface area contributed by atoms with E-state index in [9.17, 15) is 13.2 Å². The molecule has 1 atom stereocenters. The van der Waals surface area contributed by atoms with Crippen LogP contribution in [0.5, 0.6) is 17.2 Å². The van der Waals surface area contributed by atoms with E-state index in [4.69, 9.17) is 14.2 Å². The number of ether oxygens (including phenoxy) is 3. The zero-order valence-electron chi connectivity index (χ0n) is 17.8. The summed E-state index contributed by atoms with van der Waals surface area (Å²) in [5.74, 6) is 1.21. The average molecular weight is 437 g/mol. The summed E-state index contributed by atoms with van der Waals surface area (Å²) in [7, 11) is -0.607. The third-order valence-electron chi connectivity index (χ3n) is 4.39. The van der Waals surface area contributed by atoms with Crippen LogP contribution in [0.15, 0.2) is 42.5 Å². The largest absolute Gasteiger partial charge is 0.494 e. The van der Waals surface area contributed by atoms with Crippen molar-refractivity contribution < 1.29 is 27.4 Å². The first kappa shape index (κ1) is 23.3. The van der Waals surface area contributed by atoms with Crippen molar-refractivity contribution >= 4 is 21.6 Å². The maximum absolute atomic E-state index is 12.6. The van der Waals surface area contributed by atoms with Gasteiger partial charge in [-0.05, 0) is 43.7 Å². The van der Waals surface area contributed by atoms with Crippen molar-refractivity contribution in [3.63, 3.8) is 0 Å². The van der Waals surface area contributed by atoms with Gasteiger partial charge < -0.3 is 19.5 Å². The molecule has 0 aliphatic carbocycles. The van der Waals surface area contributed by atoms with Gasteiger partial charge in [0.15, 0.2) is 11.5 Å². The number of sulfonamides is 1. The molecule has 0 saturated heterocycles. The maximum Gasteiger partial charge on any atom is 0.241 e. The summed E-state index contributed by atoms with van der Waals surface area (Å²) in [5.41, 5.74) is 1.16. The molecule has 0 spiro atoms. The molecule has 0 radical (unpaired) electrons. The Morgan fingerprint density at radius 2 is 1.80 bits per heavy atom.